The van der Waals surface area contributed by atoms with Gasteiger partial charge in [-0.3, -0.25) is 4.98 Å². The number of rotatable bonds is 3. The highest BCUT2D eigenvalue weighted by Gasteiger charge is 2.17. The van der Waals surface area contributed by atoms with Gasteiger partial charge in [0.25, 0.3) is 0 Å². The second-order valence-corrected chi connectivity index (χ2v) is 6.03. The summed E-state index contributed by atoms with van der Waals surface area (Å²) in [6.07, 6.45) is 7.30. The molecule has 1 unspecified atom stereocenters. The summed E-state index contributed by atoms with van der Waals surface area (Å²) >= 11 is 1.82. The largest absolute Gasteiger partial charge is 0.314 e. The van der Waals surface area contributed by atoms with Crippen LogP contribution in [-0.2, 0) is 6.42 Å². The van der Waals surface area contributed by atoms with Crippen LogP contribution in [0, 0.1) is 6.92 Å². The van der Waals surface area contributed by atoms with E-state index in [9.17, 15) is 0 Å². The van der Waals surface area contributed by atoms with Crippen LogP contribution in [0.2, 0.25) is 0 Å². The topological polar surface area (TPSA) is 37.8 Å². The predicted molar refractivity (Wildman–Crippen MR) is 74.8 cm³/mol. The molecule has 1 saturated heterocycles. The van der Waals surface area contributed by atoms with Gasteiger partial charge in [-0.1, -0.05) is 0 Å². The number of hydrogen-bond acceptors (Lipinski definition) is 4. The van der Waals surface area contributed by atoms with Crippen LogP contribution in [0.3, 0.4) is 0 Å². The molecule has 1 aliphatic rings. The Labute approximate surface area is 111 Å². The van der Waals surface area contributed by atoms with Gasteiger partial charge in [0, 0.05) is 35.3 Å². The summed E-state index contributed by atoms with van der Waals surface area (Å²) in [4.78, 5) is 10.2. The molecule has 0 saturated carbocycles. The maximum Gasteiger partial charge on any atom is 0.0950 e. The SMILES string of the molecule is Cc1sc(CC2CCCN2)nc1-c1ccncc1. The fraction of sp³-hybridized carbons (Fsp3) is 0.429. The van der Waals surface area contributed by atoms with Crippen molar-refractivity contribution in [1.82, 2.24) is 15.3 Å². The number of aryl methyl sites for hydroxylation is 1. The highest BCUT2D eigenvalue weighted by Crippen LogP contribution is 2.28. The van der Waals surface area contributed by atoms with Crippen LogP contribution in [0.15, 0.2) is 24.5 Å². The fourth-order valence-corrected chi connectivity index (χ4v) is 3.49. The van der Waals surface area contributed by atoms with Crippen molar-refractivity contribution in [2.75, 3.05) is 6.54 Å². The van der Waals surface area contributed by atoms with Crippen molar-refractivity contribution in [3.05, 3.63) is 34.4 Å². The molecule has 0 radical (unpaired) electrons. The Morgan fingerprint density at radius 2 is 2.22 bits per heavy atom. The molecule has 1 aliphatic heterocycles. The third-order valence-corrected chi connectivity index (χ3v) is 4.37. The van der Waals surface area contributed by atoms with E-state index in [1.807, 2.05) is 35.9 Å². The quantitative estimate of drug-likeness (QED) is 0.921. The van der Waals surface area contributed by atoms with E-state index in [1.54, 1.807) is 0 Å². The van der Waals surface area contributed by atoms with Crippen LogP contribution in [0.25, 0.3) is 11.3 Å². The van der Waals surface area contributed by atoms with Crippen molar-refractivity contribution in [2.45, 2.75) is 32.2 Å². The summed E-state index contributed by atoms with van der Waals surface area (Å²) < 4.78 is 0. The lowest BCUT2D eigenvalue weighted by atomic mass is 10.1. The first-order valence-electron chi connectivity index (χ1n) is 6.43. The van der Waals surface area contributed by atoms with E-state index in [2.05, 4.69) is 17.2 Å². The minimum Gasteiger partial charge on any atom is -0.314 e. The first-order chi connectivity index (χ1) is 8.83. The molecule has 1 atom stereocenters. The van der Waals surface area contributed by atoms with Crippen molar-refractivity contribution >= 4 is 11.3 Å². The Morgan fingerprint density at radius 3 is 2.94 bits per heavy atom. The molecule has 3 nitrogen and oxygen atoms in total. The molecule has 94 valence electrons. The van der Waals surface area contributed by atoms with Gasteiger partial charge in [0.15, 0.2) is 0 Å². The van der Waals surface area contributed by atoms with Crippen LogP contribution >= 0.6 is 11.3 Å². The smallest absolute Gasteiger partial charge is 0.0950 e. The van der Waals surface area contributed by atoms with Gasteiger partial charge in [0.05, 0.1) is 10.7 Å². The predicted octanol–water partition coefficient (Wildman–Crippen LogP) is 2.81. The van der Waals surface area contributed by atoms with E-state index in [-0.39, 0.29) is 0 Å². The average Bonchev–Trinajstić information content (AvgIpc) is 3.01. The summed E-state index contributed by atoms with van der Waals surface area (Å²) in [7, 11) is 0. The minimum absolute atomic E-state index is 0.626. The zero-order valence-electron chi connectivity index (χ0n) is 10.5. The molecule has 0 aliphatic carbocycles. The van der Waals surface area contributed by atoms with Crippen molar-refractivity contribution in [2.24, 2.45) is 0 Å². The Bertz CT molecular complexity index is 515. The van der Waals surface area contributed by atoms with E-state index < -0.39 is 0 Å². The van der Waals surface area contributed by atoms with Gasteiger partial charge in [-0.2, -0.15) is 0 Å². The third-order valence-electron chi connectivity index (χ3n) is 3.38. The molecule has 0 amide bonds. The fourth-order valence-electron chi connectivity index (χ4n) is 2.46. The average molecular weight is 259 g/mol. The van der Waals surface area contributed by atoms with E-state index in [0.29, 0.717) is 6.04 Å². The van der Waals surface area contributed by atoms with Crippen molar-refractivity contribution in [3.63, 3.8) is 0 Å². The summed E-state index contributed by atoms with van der Waals surface area (Å²) in [6, 6.07) is 4.68. The Balaban J connectivity index is 1.82. The second kappa shape index (κ2) is 5.16. The van der Waals surface area contributed by atoms with Crippen molar-refractivity contribution in [1.29, 1.82) is 0 Å². The van der Waals surface area contributed by atoms with E-state index >= 15 is 0 Å². The molecule has 1 N–H and O–H groups in total. The lowest BCUT2D eigenvalue weighted by molar-refractivity contribution is 0.601. The van der Waals surface area contributed by atoms with Crippen LogP contribution < -0.4 is 5.32 Å². The number of pyridine rings is 1. The number of nitrogens with one attached hydrogen (secondary N) is 1. The van der Waals surface area contributed by atoms with Crippen LogP contribution in [0.5, 0.6) is 0 Å². The molecule has 0 aromatic carbocycles. The monoisotopic (exact) mass is 259 g/mol. The summed E-state index contributed by atoms with van der Waals surface area (Å²) in [5, 5.41) is 4.78. The number of hydrogen-bond donors (Lipinski definition) is 1. The van der Waals surface area contributed by atoms with Gasteiger partial charge in [0.1, 0.15) is 0 Å². The van der Waals surface area contributed by atoms with Crippen LogP contribution in [0.4, 0.5) is 0 Å². The highest BCUT2D eigenvalue weighted by molar-refractivity contribution is 7.12. The summed E-state index contributed by atoms with van der Waals surface area (Å²) in [5.74, 6) is 0. The Hall–Kier alpha value is -1.26. The van der Waals surface area contributed by atoms with Gasteiger partial charge in [-0.25, -0.2) is 4.98 Å². The van der Waals surface area contributed by atoms with Crippen molar-refractivity contribution in [3.8, 4) is 11.3 Å². The van der Waals surface area contributed by atoms with E-state index in [4.69, 9.17) is 4.98 Å². The standard InChI is InChI=1S/C14H17N3S/c1-10-14(11-4-7-15-8-5-11)17-13(18-10)9-12-3-2-6-16-12/h4-5,7-8,12,16H,2-3,6,9H2,1H3. The maximum atomic E-state index is 4.79. The van der Waals surface area contributed by atoms with Crippen molar-refractivity contribution < 1.29 is 0 Å². The molecular weight excluding hydrogens is 242 g/mol. The van der Waals surface area contributed by atoms with Crippen LogP contribution in [0.1, 0.15) is 22.7 Å². The zero-order valence-corrected chi connectivity index (χ0v) is 11.3. The normalized spacial score (nSPS) is 19.3. The van der Waals surface area contributed by atoms with Crippen LogP contribution in [-0.4, -0.2) is 22.6 Å². The molecule has 2 aromatic rings. The lowest BCUT2D eigenvalue weighted by Crippen LogP contribution is -2.23. The zero-order chi connectivity index (χ0) is 12.4. The molecule has 4 heteroatoms. The first-order valence-corrected chi connectivity index (χ1v) is 7.24. The molecule has 0 bridgehead atoms. The molecular formula is C14H17N3S. The molecule has 2 aromatic heterocycles. The molecule has 18 heavy (non-hydrogen) atoms. The van der Waals surface area contributed by atoms with E-state index in [1.165, 1.54) is 28.3 Å². The van der Waals surface area contributed by atoms with Gasteiger partial charge in [0.2, 0.25) is 0 Å². The first kappa shape index (κ1) is 11.8. The van der Waals surface area contributed by atoms with Gasteiger partial charge < -0.3 is 5.32 Å². The molecule has 0 spiro atoms. The molecule has 1 fully saturated rings. The summed E-state index contributed by atoms with van der Waals surface area (Å²) in [6.45, 7) is 3.31. The third kappa shape index (κ3) is 2.44. The Kier molecular flexibility index (Phi) is 3.39. The second-order valence-electron chi connectivity index (χ2n) is 4.75. The molecule has 3 heterocycles. The number of thiazole rings is 1. The lowest BCUT2D eigenvalue weighted by Gasteiger charge is -2.06. The highest BCUT2D eigenvalue weighted by atomic mass is 32.1. The molecule has 3 rings (SSSR count). The van der Waals surface area contributed by atoms with E-state index in [0.717, 1.165) is 18.7 Å². The van der Waals surface area contributed by atoms with Gasteiger partial charge in [-0.05, 0) is 38.4 Å². The Morgan fingerprint density at radius 1 is 1.39 bits per heavy atom. The van der Waals surface area contributed by atoms with Gasteiger partial charge in [-0.15, -0.1) is 11.3 Å². The summed E-state index contributed by atoms with van der Waals surface area (Å²) in [5.41, 5.74) is 2.29. The number of nitrogens with zero attached hydrogens (tertiary/aromatic N) is 2. The minimum atomic E-state index is 0.626. The van der Waals surface area contributed by atoms with Gasteiger partial charge >= 0.3 is 0 Å². The number of aromatic nitrogens is 2. The maximum absolute atomic E-state index is 4.79.